The lowest BCUT2D eigenvalue weighted by molar-refractivity contribution is 0.309. The van der Waals surface area contributed by atoms with Crippen molar-refractivity contribution in [2.24, 2.45) is 0 Å². The van der Waals surface area contributed by atoms with Crippen molar-refractivity contribution < 1.29 is 17.9 Å². The molecule has 0 aliphatic carbocycles. The smallest absolute Gasteiger partial charge is 0.261 e. The van der Waals surface area contributed by atoms with Crippen LogP contribution in [-0.2, 0) is 10.0 Å². The fourth-order valence-electron chi connectivity index (χ4n) is 3.30. The van der Waals surface area contributed by atoms with E-state index in [1.165, 1.54) is 12.1 Å². The van der Waals surface area contributed by atoms with Gasteiger partial charge in [0.2, 0.25) is 5.88 Å². The number of nitrogens with zero attached hydrogens (tertiary/aromatic N) is 4. The zero-order chi connectivity index (χ0) is 24.8. The molecule has 0 spiro atoms. The first-order chi connectivity index (χ1) is 16.8. The first-order valence-electron chi connectivity index (χ1n) is 11.2. The summed E-state index contributed by atoms with van der Waals surface area (Å²) < 4.78 is 41.4. The number of hydrogen-bond donors (Lipinski definition) is 1. The van der Waals surface area contributed by atoms with Gasteiger partial charge in [0, 0.05) is 24.1 Å². The Hall–Kier alpha value is -3.92. The van der Waals surface area contributed by atoms with Crippen LogP contribution in [0.15, 0.2) is 71.9 Å². The second-order valence-electron chi connectivity index (χ2n) is 7.86. The summed E-state index contributed by atoms with van der Waals surface area (Å²) in [6.07, 6.45) is 5.49. The molecule has 2 aromatic carbocycles. The zero-order valence-electron chi connectivity index (χ0n) is 19.8. The first kappa shape index (κ1) is 24.2. The Balaban J connectivity index is 1.43. The number of aromatic nitrogens is 4. The minimum atomic E-state index is -3.74. The molecule has 0 atom stereocenters. The predicted molar refractivity (Wildman–Crippen MR) is 133 cm³/mol. The average molecular weight is 494 g/mol. The molecule has 0 aliphatic rings. The monoisotopic (exact) mass is 493 g/mol. The molecule has 35 heavy (non-hydrogen) atoms. The van der Waals surface area contributed by atoms with Crippen LogP contribution >= 0.6 is 0 Å². The molecule has 0 aliphatic heterocycles. The van der Waals surface area contributed by atoms with Crippen molar-refractivity contribution in [2.75, 3.05) is 11.3 Å². The second-order valence-corrected chi connectivity index (χ2v) is 9.54. The molecule has 10 heteroatoms. The molecule has 4 rings (SSSR count). The number of hydrogen-bond acceptors (Lipinski definition) is 7. The maximum atomic E-state index is 12.8. The topological polar surface area (TPSA) is 108 Å². The fourth-order valence-corrected chi connectivity index (χ4v) is 4.35. The van der Waals surface area contributed by atoms with Crippen molar-refractivity contribution in [3.8, 4) is 23.2 Å². The van der Waals surface area contributed by atoms with Gasteiger partial charge in [-0.1, -0.05) is 13.3 Å². The molecular weight excluding hydrogens is 466 g/mol. The van der Waals surface area contributed by atoms with Crippen molar-refractivity contribution in [1.29, 1.82) is 0 Å². The Labute approximate surface area is 204 Å². The molecule has 0 bridgehead atoms. The molecule has 0 fully saturated rings. The van der Waals surface area contributed by atoms with Gasteiger partial charge in [0.05, 0.1) is 11.5 Å². The van der Waals surface area contributed by atoms with Gasteiger partial charge in [-0.2, -0.15) is 4.98 Å². The van der Waals surface area contributed by atoms with E-state index in [0.29, 0.717) is 41.3 Å². The summed E-state index contributed by atoms with van der Waals surface area (Å²) in [5.74, 6) is 3.52. The maximum absolute atomic E-state index is 12.8. The molecule has 2 aromatic heterocycles. The summed E-state index contributed by atoms with van der Waals surface area (Å²) in [5, 5.41) is 0. The van der Waals surface area contributed by atoms with Gasteiger partial charge < -0.3 is 9.47 Å². The Morgan fingerprint density at radius 2 is 1.69 bits per heavy atom. The third-order valence-corrected chi connectivity index (χ3v) is 6.50. The van der Waals surface area contributed by atoms with Gasteiger partial charge >= 0.3 is 0 Å². The lowest BCUT2D eigenvalue weighted by atomic mass is 10.3. The van der Waals surface area contributed by atoms with E-state index in [0.717, 1.165) is 18.7 Å². The number of imidazole rings is 1. The number of anilines is 1. The number of sulfonamides is 1. The summed E-state index contributed by atoms with van der Waals surface area (Å²) in [6.45, 7) is 6.35. The zero-order valence-corrected chi connectivity index (χ0v) is 20.6. The largest absolute Gasteiger partial charge is 0.494 e. The first-order valence-corrected chi connectivity index (χ1v) is 12.7. The van der Waals surface area contributed by atoms with Gasteiger partial charge in [-0.15, -0.1) is 0 Å². The molecule has 0 saturated carbocycles. The number of aryl methyl sites for hydroxylation is 2. The van der Waals surface area contributed by atoms with Crippen LogP contribution in [-0.4, -0.2) is 34.5 Å². The van der Waals surface area contributed by atoms with Crippen LogP contribution < -0.4 is 14.2 Å². The number of nitrogens with one attached hydrogen (secondary N) is 1. The summed E-state index contributed by atoms with van der Waals surface area (Å²) in [5.41, 5.74) is 0.411. The molecule has 1 N–H and O–H groups in total. The summed E-state index contributed by atoms with van der Waals surface area (Å²) in [4.78, 5) is 13.1. The SMILES string of the molecule is CCCCOc1ccc(S(=O)(=O)Nc2ccc(Oc3cc(-n4ccnc4C)nc(C)n3)cc2)cc1. The van der Waals surface area contributed by atoms with Crippen LogP contribution in [0.2, 0.25) is 0 Å². The van der Waals surface area contributed by atoms with E-state index in [1.807, 2.05) is 17.7 Å². The van der Waals surface area contributed by atoms with Crippen molar-refractivity contribution in [1.82, 2.24) is 19.5 Å². The van der Waals surface area contributed by atoms with E-state index in [9.17, 15) is 8.42 Å². The molecule has 2 heterocycles. The normalized spacial score (nSPS) is 11.3. The fraction of sp³-hybridized carbons (Fsp3) is 0.240. The molecule has 0 unspecified atom stereocenters. The molecule has 0 amide bonds. The minimum absolute atomic E-state index is 0.152. The summed E-state index contributed by atoms with van der Waals surface area (Å²) >= 11 is 0. The highest BCUT2D eigenvalue weighted by atomic mass is 32.2. The van der Waals surface area contributed by atoms with E-state index in [1.54, 1.807) is 55.6 Å². The van der Waals surface area contributed by atoms with E-state index in [2.05, 4.69) is 26.6 Å². The number of benzene rings is 2. The summed E-state index contributed by atoms with van der Waals surface area (Å²) in [6, 6.07) is 14.7. The van der Waals surface area contributed by atoms with E-state index >= 15 is 0 Å². The van der Waals surface area contributed by atoms with Gasteiger partial charge in [0.15, 0.2) is 0 Å². The standard InChI is InChI=1S/C25H27N5O4S/c1-4-5-16-33-21-10-12-23(13-11-21)35(31,32)29-20-6-8-22(9-7-20)34-25-17-24(27-18(2)28-25)30-15-14-26-19(30)3/h6-15,17,29H,4-5,16H2,1-3H3. The molecule has 4 aromatic rings. The Morgan fingerprint density at radius 1 is 0.971 bits per heavy atom. The molecule has 0 radical (unpaired) electrons. The van der Waals surface area contributed by atoms with Gasteiger partial charge in [-0.25, -0.2) is 18.4 Å². The number of ether oxygens (including phenoxy) is 2. The van der Waals surface area contributed by atoms with Gasteiger partial charge in [0.1, 0.15) is 29.0 Å². The van der Waals surface area contributed by atoms with Crippen molar-refractivity contribution in [2.45, 2.75) is 38.5 Å². The lowest BCUT2D eigenvalue weighted by Crippen LogP contribution is -2.12. The van der Waals surface area contributed by atoms with Crippen molar-refractivity contribution in [3.63, 3.8) is 0 Å². The van der Waals surface area contributed by atoms with Crippen molar-refractivity contribution >= 4 is 15.7 Å². The summed E-state index contributed by atoms with van der Waals surface area (Å²) in [7, 11) is -3.74. The molecule has 182 valence electrons. The molecule has 0 saturated heterocycles. The molecule has 9 nitrogen and oxygen atoms in total. The van der Waals surface area contributed by atoms with Crippen LogP contribution in [0.25, 0.3) is 5.82 Å². The van der Waals surface area contributed by atoms with Crippen LogP contribution in [0.4, 0.5) is 5.69 Å². The third kappa shape index (κ3) is 6.15. The van der Waals surface area contributed by atoms with Gasteiger partial charge in [-0.3, -0.25) is 9.29 Å². The van der Waals surface area contributed by atoms with Gasteiger partial charge in [-0.05, 0) is 68.8 Å². The van der Waals surface area contributed by atoms with Crippen LogP contribution in [0.5, 0.6) is 17.4 Å². The average Bonchev–Trinajstić information content (AvgIpc) is 3.26. The van der Waals surface area contributed by atoms with E-state index in [4.69, 9.17) is 9.47 Å². The van der Waals surface area contributed by atoms with Crippen LogP contribution in [0.1, 0.15) is 31.4 Å². The number of rotatable bonds is 10. The Kier molecular flexibility index (Phi) is 7.31. The second kappa shape index (κ2) is 10.6. The third-order valence-electron chi connectivity index (χ3n) is 5.10. The predicted octanol–water partition coefficient (Wildman–Crippen LogP) is 5.05. The van der Waals surface area contributed by atoms with E-state index < -0.39 is 10.0 Å². The molecular formula is C25H27N5O4S. The minimum Gasteiger partial charge on any atom is -0.494 e. The number of unbranched alkanes of at least 4 members (excludes halogenated alkanes) is 1. The quantitative estimate of drug-likeness (QED) is 0.308. The van der Waals surface area contributed by atoms with Gasteiger partial charge in [0.25, 0.3) is 10.0 Å². The van der Waals surface area contributed by atoms with E-state index in [-0.39, 0.29) is 4.90 Å². The lowest BCUT2D eigenvalue weighted by Gasteiger charge is -2.11. The Bertz CT molecular complexity index is 1380. The maximum Gasteiger partial charge on any atom is 0.261 e. The highest BCUT2D eigenvalue weighted by Gasteiger charge is 2.15. The highest BCUT2D eigenvalue weighted by molar-refractivity contribution is 7.92. The van der Waals surface area contributed by atoms with Crippen molar-refractivity contribution in [3.05, 3.63) is 78.6 Å². The van der Waals surface area contributed by atoms with Crippen LogP contribution in [0.3, 0.4) is 0 Å². The highest BCUT2D eigenvalue weighted by Crippen LogP contribution is 2.25. The van der Waals surface area contributed by atoms with Crippen LogP contribution in [0, 0.1) is 13.8 Å². The Morgan fingerprint density at radius 3 is 2.34 bits per heavy atom.